The van der Waals surface area contributed by atoms with Crippen LogP contribution in [0.5, 0.6) is 0 Å². The van der Waals surface area contributed by atoms with Crippen molar-refractivity contribution in [1.29, 1.82) is 0 Å². The van der Waals surface area contributed by atoms with E-state index in [1.807, 2.05) is 27.2 Å². The molecule has 8 nitrogen and oxygen atoms in total. The summed E-state index contributed by atoms with van der Waals surface area (Å²) in [4.78, 5) is 25.5. The van der Waals surface area contributed by atoms with Gasteiger partial charge in [0.05, 0.1) is 39.9 Å². The van der Waals surface area contributed by atoms with Crippen molar-refractivity contribution in [2.24, 2.45) is 0 Å². The topological polar surface area (TPSA) is 108 Å². The van der Waals surface area contributed by atoms with Gasteiger partial charge in [0.2, 0.25) is 5.91 Å². The van der Waals surface area contributed by atoms with Crippen LogP contribution in [-0.2, 0) is 18.4 Å². The molecule has 0 heterocycles. The van der Waals surface area contributed by atoms with Crippen LogP contribution < -0.4 is 10.2 Å². The minimum atomic E-state index is -4.61. The number of allylic oxidation sites excluding steroid dienone is 7. The molecule has 430 valence electrons. The van der Waals surface area contributed by atoms with Crippen molar-refractivity contribution < 1.29 is 32.9 Å². The van der Waals surface area contributed by atoms with Gasteiger partial charge in [-0.3, -0.25) is 9.36 Å². The van der Waals surface area contributed by atoms with Crippen LogP contribution in [0.3, 0.4) is 0 Å². The summed E-state index contributed by atoms with van der Waals surface area (Å²) in [6.07, 6.45) is 73.6. The fourth-order valence-electron chi connectivity index (χ4n) is 9.30. The Balaban J connectivity index is 4.17. The molecule has 0 radical (unpaired) electrons. The minimum absolute atomic E-state index is 0.00847. The number of quaternary nitrogens is 1. The molecule has 2 N–H and O–H groups in total. The third-order valence-electron chi connectivity index (χ3n) is 14.2. The van der Waals surface area contributed by atoms with Gasteiger partial charge in [-0.2, -0.15) is 0 Å². The highest BCUT2D eigenvalue weighted by atomic mass is 31.2. The Morgan fingerprint density at radius 2 is 0.767 bits per heavy atom. The maximum Gasteiger partial charge on any atom is 0.268 e. The zero-order valence-corrected chi connectivity index (χ0v) is 50.0. The second kappa shape index (κ2) is 55.2. The van der Waals surface area contributed by atoms with Crippen molar-refractivity contribution in [3.63, 3.8) is 0 Å². The van der Waals surface area contributed by atoms with E-state index in [2.05, 4.69) is 55.6 Å². The largest absolute Gasteiger partial charge is 0.756 e. The molecule has 0 aliphatic heterocycles. The lowest BCUT2D eigenvalue weighted by atomic mass is 10.0. The van der Waals surface area contributed by atoms with Gasteiger partial charge in [0.25, 0.3) is 7.82 Å². The highest BCUT2D eigenvalue weighted by Gasteiger charge is 2.23. The van der Waals surface area contributed by atoms with E-state index in [4.69, 9.17) is 9.05 Å². The number of hydrogen-bond donors (Lipinski definition) is 2. The number of carbonyl (C=O) groups excluding carboxylic acids is 1. The van der Waals surface area contributed by atoms with Crippen molar-refractivity contribution >= 4 is 13.7 Å². The van der Waals surface area contributed by atoms with Crippen LogP contribution in [-0.4, -0.2) is 68.5 Å². The van der Waals surface area contributed by atoms with Crippen molar-refractivity contribution in [3.8, 4) is 0 Å². The molecule has 3 atom stereocenters. The zero-order valence-electron chi connectivity index (χ0n) is 49.1. The molecule has 0 bridgehead atoms. The number of nitrogens with zero attached hydrogens (tertiary/aromatic N) is 1. The molecule has 0 aromatic rings. The van der Waals surface area contributed by atoms with Crippen LogP contribution in [0.1, 0.15) is 303 Å². The molecule has 0 saturated heterocycles. The van der Waals surface area contributed by atoms with E-state index in [9.17, 15) is 19.4 Å². The van der Waals surface area contributed by atoms with Crippen molar-refractivity contribution in [2.45, 2.75) is 315 Å². The first-order valence-corrected chi connectivity index (χ1v) is 33.0. The number of likely N-dealkylation sites (N-methyl/N-ethyl adjacent to an activating group) is 1. The number of aliphatic hydroxyl groups is 1. The Morgan fingerprint density at radius 3 is 1.11 bits per heavy atom. The van der Waals surface area contributed by atoms with E-state index in [0.29, 0.717) is 17.4 Å². The zero-order chi connectivity index (χ0) is 53.5. The molecule has 9 heteroatoms. The average Bonchev–Trinajstić information content (AvgIpc) is 3.35. The van der Waals surface area contributed by atoms with Gasteiger partial charge in [0, 0.05) is 6.42 Å². The molecule has 0 rings (SSSR count). The number of hydrogen-bond acceptors (Lipinski definition) is 6. The summed E-state index contributed by atoms with van der Waals surface area (Å²) < 4.78 is 23.4. The fourth-order valence-corrected chi connectivity index (χ4v) is 10.0. The first kappa shape index (κ1) is 71.5. The Hall–Kier alpha value is -1.54. The highest BCUT2D eigenvalue weighted by Crippen LogP contribution is 2.38. The molecule has 0 aromatic heterocycles. The fraction of sp³-hybridized carbons (Fsp3) is 0.859. The second-order valence-corrected chi connectivity index (χ2v) is 24.2. The molecule has 0 saturated carbocycles. The van der Waals surface area contributed by atoms with E-state index >= 15 is 0 Å². The Kier molecular flexibility index (Phi) is 54.1. The Labute approximate surface area is 454 Å². The monoisotopic (exact) mass is 1050 g/mol. The smallest absolute Gasteiger partial charge is 0.268 e. The summed E-state index contributed by atoms with van der Waals surface area (Å²) in [6.45, 7) is 4.66. The molecular weight excluding hydrogens is 924 g/mol. The van der Waals surface area contributed by atoms with Crippen molar-refractivity contribution in [1.82, 2.24) is 5.32 Å². The lowest BCUT2D eigenvalue weighted by Crippen LogP contribution is -2.45. The van der Waals surface area contributed by atoms with Crippen molar-refractivity contribution in [2.75, 3.05) is 40.9 Å². The van der Waals surface area contributed by atoms with E-state index < -0.39 is 26.6 Å². The molecule has 0 spiro atoms. The quantitative estimate of drug-likeness (QED) is 0.0272. The number of nitrogens with one attached hydrogen (secondary N) is 1. The number of phosphoric acid groups is 1. The number of carbonyl (C=O) groups is 1. The van der Waals surface area contributed by atoms with E-state index in [-0.39, 0.29) is 12.5 Å². The third-order valence-corrected chi connectivity index (χ3v) is 15.2. The summed E-state index contributed by atoms with van der Waals surface area (Å²) in [6, 6.07) is -0.910. The molecular formula is C64H123N2O6P. The lowest BCUT2D eigenvalue weighted by molar-refractivity contribution is -0.870. The summed E-state index contributed by atoms with van der Waals surface area (Å²) in [5, 5.41) is 13.9. The predicted octanol–water partition coefficient (Wildman–Crippen LogP) is 18.9. The van der Waals surface area contributed by atoms with E-state index in [0.717, 1.165) is 44.9 Å². The molecule has 0 aliphatic rings. The number of unbranched alkanes of at least 4 members (excludes halogenated alkanes) is 39. The first-order chi connectivity index (χ1) is 35.5. The van der Waals surface area contributed by atoms with Crippen LogP contribution in [0.25, 0.3) is 0 Å². The predicted molar refractivity (Wildman–Crippen MR) is 316 cm³/mol. The summed E-state index contributed by atoms with van der Waals surface area (Å²) in [5.41, 5.74) is 0. The summed E-state index contributed by atoms with van der Waals surface area (Å²) in [5.74, 6) is -0.207. The van der Waals surface area contributed by atoms with Crippen LogP contribution in [0.4, 0.5) is 0 Å². The standard InChI is InChI=1S/C64H123N2O6P/c1-6-8-10-12-14-16-18-20-22-24-26-28-30-31-32-33-34-35-36-38-40-42-44-46-48-50-52-54-56-58-64(68)65-62(61-72-73(69,70)71-60-59-66(3,4)5)63(67)57-55-53-51-49-47-45-43-41-39-37-29-27-25-23-21-19-17-15-13-11-9-7-2/h24,26,39,41,47,49,55,57,62-63,67H,6-23,25,27-38,40,42-46,48,50-54,56,58-61H2,1-5H3,(H-,65,68,69,70)/b26-24-,41-39+,49-47+,57-55+. The molecule has 73 heavy (non-hydrogen) atoms. The van der Waals surface area contributed by atoms with Crippen LogP contribution in [0.2, 0.25) is 0 Å². The van der Waals surface area contributed by atoms with Crippen LogP contribution in [0, 0.1) is 0 Å². The first-order valence-electron chi connectivity index (χ1n) is 31.5. The summed E-state index contributed by atoms with van der Waals surface area (Å²) >= 11 is 0. The summed E-state index contributed by atoms with van der Waals surface area (Å²) in [7, 11) is 1.24. The van der Waals surface area contributed by atoms with Crippen LogP contribution in [0.15, 0.2) is 48.6 Å². The van der Waals surface area contributed by atoms with Crippen LogP contribution >= 0.6 is 7.82 Å². The number of amides is 1. The number of rotatable bonds is 58. The molecule has 0 aromatic carbocycles. The SMILES string of the molecule is CCCCCCCCCC/C=C\CCCCCCCCCCCCCCCCCCCC(=O)NC(COP(=O)([O-])OCC[N+](C)(C)C)C(O)/C=C/CC/C=C/CC/C=C/CCCCCCCCCCCCCC. The van der Waals surface area contributed by atoms with Gasteiger partial charge in [-0.1, -0.05) is 274 Å². The molecule has 1 amide bonds. The maximum atomic E-state index is 13.0. The Bertz CT molecular complexity index is 1330. The number of phosphoric ester groups is 1. The van der Waals surface area contributed by atoms with Gasteiger partial charge < -0.3 is 28.8 Å². The molecule has 0 fully saturated rings. The van der Waals surface area contributed by atoms with Gasteiger partial charge in [0.1, 0.15) is 13.2 Å². The normalized spacial score (nSPS) is 14.1. The Morgan fingerprint density at radius 1 is 0.466 bits per heavy atom. The van der Waals surface area contributed by atoms with Gasteiger partial charge in [-0.25, -0.2) is 0 Å². The molecule has 3 unspecified atom stereocenters. The number of aliphatic hydroxyl groups excluding tert-OH is 1. The maximum absolute atomic E-state index is 13.0. The van der Waals surface area contributed by atoms with E-state index in [1.54, 1.807) is 6.08 Å². The lowest BCUT2D eigenvalue weighted by Gasteiger charge is -2.29. The van der Waals surface area contributed by atoms with Gasteiger partial charge in [0.15, 0.2) is 0 Å². The second-order valence-electron chi connectivity index (χ2n) is 22.7. The van der Waals surface area contributed by atoms with Gasteiger partial charge in [-0.05, 0) is 70.6 Å². The average molecular weight is 1050 g/mol. The third kappa shape index (κ3) is 58.0. The van der Waals surface area contributed by atoms with Gasteiger partial charge >= 0.3 is 0 Å². The molecule has 0 aliphatic carbocycles. The highest BCUT2D eigenvalue weighted by molar-refractivity contribution is 7.45. The van der Waals surface area contributed by atoms with Crippen molar-refractivity contribution in [3.05, 3.63) is 48.6 Å². The van der Waals surface area contributed by atoms with Gasteiger partial charge in [-0.15, -0.1) is 0 Å². The van der Waals surface area contributed by atoms with E-state index in [1.165, 1.54) is 238 Å². The minimum Gasteiger partial charge on any atom is -0.756 e.